The van der Waals surface area contributed by atoms with Crippen molar-refractivity contribution in [3.8, 4) is 0 Å². The van der Waals surface area contributed by atoms with Gasteiger partial charge < -0.3 is 4.98 Å². The molecule has 7 heteroatoms. The van der Waals surface area contributed by atoms with E-state index in [1.807, 2.05) is 0 Å². The lowest BCUT2D eigenvalue weighted by Crippen LogP contribution is -2.22. The third-order valence-corrected chi connectivity index (χ3v) is 4.84. The van der Waals surface area contributed by atoms with Crippen molar-refractivity contribution >= 4 is 22.8 Å². The summed E-state index contributed by atoms with van der Waals surface area (Å²) >= 11 is 1.62. The number of halogens is 3. The van der Waals surface area contributed by atoms with Crippen LogP contribution in [0.4, 0.5) is 13.2 Å². The molecular weight excluding hydrogens is 289 g/mol. The van der Waals surface area contributed by atoms with Gasteiger partial charge in [0.25, 0.3) is 0 Å². The van der Waals surface area contributed by atoms with E-state index in [1.54, 1.807) is 11.8 Å². The van der Waals surface area contributed by atoms with Crippen LogP contribution in [0.15, 0.2) is 23.0 Å². The van der Waals surface area contributed by atoms with Gasteiger partial charge in [0.1, 0.15) is 0 Å². The van der Waals surface area contributed by atoms with Crippen LogP contribution >= 0.6 is 11.8 Å². The lowest BCUT2D eigenvalue weighted by molar-refractivity contribution is -0.137. The van der Waals surface area contributed by atoms with Crippen molar-refractivity contribution in [2.75, 3.05) is 5.75 Å². The van der Waals surface area contributed by atoms with Gasteiger partial charge in [0, 0.05) is 0 Å². The van der Waals surface area contributed by atoms with Crippen LogP contribution in [0.2, 0.25) is 0 Å². The van der Waals surface area contributed by atoms with E-state index in [1.165, 1.54) is 10.6 Å². The van der Waals surface area contributed by atoms with Crippen LogP contribution in [0.3, 0.4) is 0 Å². The fourth-order valence-electron chi connectivity index (χ4n) is 2.51. The topological polar surface area (TPSA) is 37.8 Å². The number of aromatic amines is 1. The second-order valence-corrected chi connectivity index (χ2v) is 6.14. The van der Waals surface area contributed by atoms with E-state index in [0.29, 0.717) is 11.0 Å². The Kier molecular flexibility index (Phi) is 3.32. The van der Waals surface area contributed by atoms with Crippen LogP contribution in [0.5, 0.6) is 0 Å². The zero-order valence-electron chi connectivity index (χ0n) is 10.5. The molecule has 20 heavy (non-hydrogen) atoms. The van der Waals surface area contributed by atoms with Crippen molar-refractivity contribution < 1.29 is 13.2 Å². The minimum Gasteiger partial charge on any atom is -0.306 e. The second kappa shape index (κ2) is 4.87. The van der Waals surface area contributed by atoms with Crippen LogP contribution in [0, 0.1) is 0 Å². The standard InChI is InChI=1S/C13H13F3N2OS/c14-13(15,16)8-4-5-9-10(7-8)18(12(19)17-9)11-3-1-2-6-20-11/h4-5,7,11H,1-3,6H2,(H,17,19). The van der Waals surface area contributed by atoms with Crippen molar-refractivity contribution in [1.82, 2.24) is 9.55 Å². The predicted molar refractivity (Wildman–Crippen MR) is 72.9 cm³/mol. The molecule has 1 aromatic heterocycles. The number of nitrogens with one attached hydrogen (secondary N) is 1. The van der Waals surface area contributed by atoms with Crippen molar-refractivity contribution in [1.29, 1.82) is 0 Å². The highest BCUT2D eigenvalue weighted by Gasteiger charge is 2.31. The Balaban J connectivity index is 2.15. The number of hydrogen-bond donors (Lipinski definition) is 1. The quantitative estimate of drug-likeness (QED) is 0.871. The molecule has 0 spiro atoms. The molecule has 3 nitrogen and oxygen atoms in total. The molecule has 1 aliphatic rings. The minimum absolute atomic E-state index is 0.0755. The number of rotatable bonds is 1. The molecule has 0 saturated carbocycles. The number of hydrogen-bond acceptors (Lipinski definition) is 2. The van der Waals surface area contributed by atoms with Gasteiger partial charge in [0.15, 0.2) is 0 Å². The van der Waals surface area contributed by atoms with Crippen LogP contribution in [0.25, 0.3) is 11.0 Å². The number of imidazole rings is 1. The van der Waals surface area contributed by atoms with Gasteiger partial charge in [-0.25, -0.2) is 4.79 Å². The van der Waals surface area contributed by atoms with E-state index in [0.717, 1.165) is 37.1 Å². The minimum atomic E-state index is -4.40. The van der Waals surface area contributed by atoms with Crippen LogP contribution in [0.1, 0.15) is 30.2 Å². The summed E-state index contributed by atoms with van der Waals surface area (Å²) in [4.78, 5) is 14.6. The third kappa shape index (κ3) is 2.34. The SMILES string of the molecule is O=c1[nH]c2ccc(C(F)(F)F)cc2n1C1CCCCS1. The molecule has 3 rings (SSSR count). The predicted octanol–water partition coefficient (Wildman–Crippen LogP) is 3.76. The second-order valence-electron chi connectivity index (χ2n) is 4.85. The molecule has 0 radical (unpaired) electrons. The van der Waals surface area contributed by atoms with Crippen molar-refractivity contribution in [2.24, 2.45) is 0 Å². The molecule has 0 aliphatic carbocycles. The van der Waals surface area contributed by atoms with Gasteiger partial charge >= 0.3 is 11.9 Å². The highest BCUT2D eigenvalue weighted by Crippen LogP contribution is 2.36. The Morgan fingerprint density at radius 2 is 2.10 bits per heavy atom. The highest BCUT2D eigenvalue weighted by molar-refractivity contribution is 7.99. The fourth-order valence-corrected chi connectivity index (χ4v) is 3.85. The Morgan fingerprint density at radius 1 is 1.30 bits per heavy atom. The summed E-state index contributed by atoms with van der Waals surface area (Å²) in [5, 5.41) is -0.0755. The zero-order valence-corrected chi connectivity index (χ0v) is 11.4. The molecule has 108 valence electrons. The number of alkyl halides is 3. The Labute approximate surface area is 117 Å². The molecule has 1 aromatic carbocycles. The molecule has 2 aromatic rings. The summed E-state index contributed by atoms with van der Waals surface area (Å²) in [6.07, 6.45) is -1.50. The molecule has 0 bridgehead atoms. The number of thioether (sulfide) groups is 1. The van der Waals surface area contributed by atoms with Crippen LogP contribution < -0.4 is 5.69 Å². The Morgan fingerprint density at radius 3 is 2.75 bits per heavy atom. The number of H-pyrrole nitrogens is 1. The van der Waals surface area contributed by atoms with E-state index in [4.69, 9.17) is 0 Å². The molecule has 1 N–H and O–H groups in total. The maximum absolute atomic E-state index is 12.8. The molecule has 0 amide bonds. The number of aromatic nitrogens is 2. The lowest BCUT2D eigenvalue weighted by Gasteiger charge is -2.22. The van der Waals surface area contributed by atoms with Gasteiger partial charge in [0.2, 0.25) is 0 Å². The lowest BCUT2D eigenvalue weighted by atomic mass is 10.2. The fraction of sp³-hybridized carbons (Fsp3) is 0.462. The van der Waals surface area contributed by atoms with E-state index in [-0.39, 0.29) is 11.1 Å². The summed E-state index contributed by atoms with van der Waals surface area (Å²) in [7, 11) is 0. The third-order valence-electron chi connectivity index (χ3n) is 3.49. The molecule has 1 unspecified atom stereocenters. The van der Waals surface area contributed by atoms with E-state index >= 15 is 0 Å². The van der Waals surface area contributed by atoms with E-state index in [9.17, 15) is 18.0 Å². The van der Waals surface area contributed by atoms with Crippen molar-refractivity contribution in [3.63, 3.8) is 0 Å². The molecule has 1 aliphatic heterocycles. The van der Waals surface area contributed by atoms with Gasteiger partial charge in [-0.15, -0.1) is 11.8 Å². The number of benzene rings is 1. The molecule has 1 atom stereocenters. The van der Waals surface area contributed by atoms with Gasteiger partial charge in [-0.2, -0.15) is 13.2 Å². The average Bonchev–Trinajstić information content (AvgIpc) is 2.73. The molecule has 1 fully saturated rings. The Hall–Kier alpha value is -1.37. The Bertz CT molecular complexity index is 683. The van der Waals surface area contributed by atoms with Gasteiger partial charge in [0.05, 0.1) is 22.0 Å². The number of nitrogens with zero attached hydrogens (tertiary/aromatic N) is 1. The summed E-state index contributed by atoms with van der Waals surface area (Å²) in [5.41, 5.74) is -0.268. The van der Waals surface area contributed by atoms with Crippen LogP contribution in [-0.4, -0.2) is 15.3 Å². The normalized spacial score (nSPS) is 20.4. The molecule has 2 heterocycles. The first kappa shape index (κ1) is 13.6. The summed E-state index contributed by atoms with van der Waals surface area (Å²) in [5.74, 6) is 0.933. The summed E-state index contributed by atoms with van der Waals surface area (Å²) in [6, 6.07) is 3.38. The molecule has 1 saturated heterocycles. The smallest absolute Gasteiger partial charge is 0.306 e. The monoisotopic (exact) mass is 302 g/mol. The summed E-state index contributed by atoms with van der Waals surface area (Å²) < 4.78 is 39.8. The van der Waals surface area contributed by atoms with Crippen LogP contribution in [-0.2, 0) is 6.18 Å². The first-order valence-electron chi connectivity index (χ1n) is 6.40. The first-order chi connectivity index (χ1) is 9.47. The van der Waals surface area contributed by atoms with Crippen molar-refractivity contribution in [3.05, 3.63) is 34.2 Å². The highest BCUT2D eigenvalue weighted by atomic mass is 32.2. The first-order valence-corrected chi connectivity index (χ1v) is 7.45. The van der Waals surface area contributed by atoms with E-state index < -0.39 is 11.7 Å². The number of fused-ring (bicyclic) bond motifs is 1. The average molecular weight is 302 g/mol. The van der Waals surface area contributed by atoms with Gasteiger partial charge in [-0.05, 0) is 43.2 Å². The largest absolute Gasteiger partial charge is 0.416 e. The maximum Gasteiger partial charge on any atom is 0.416 e. The molecular formula is C13H13F3N2OS. The maximum atomic E-state index is 12.8. The van der Waals surface area contributed by atoms with Gasteiger partial charge in [-0.3, -0.25) is 4.57 Å². The van der Waals surface area contributed by atoms with Crippen molar-refractivity contribution in [2.45, 2.75) is 30.8 Å². The summed E-state index contributed by atoms with van der Waals surface area (Å²) in [6.45, 7) is 0. The van der Waals surface area contributed by atoms with E-state index in [2.05, 4.69) is 4.98 Å². The van der Waals surface area contributed by atoms with Gasteiger partial charge in [-0.1, -0.05) is 0 Å². The zero-order chi connectivity index (χ0) is 14.3.